The number of nitrogens with one attached hydrogen (secondary N) is 1. The summed E-state index contributed by atoms with van der Waals surface area (Å²) < 4.78 is 4.41. The number of guanidine groups is 1. The zero-order chi connectivity index (χ0) is 20.8. The fourth-order valence-corrected chi connectivity index (χ4v) is 4.33. The van der Waals surface area contributed by atoms with Crippen LogP contribution in [0.1, 0.15) is 29.9 Å². The van der Waals surface area contributed by atoms with Crippen LogP contribution in [0.25, 0.3) is 0 Å². The number of piperazine rings is 1. The highest BCUT2D eigenvalue weighted by molar-refractivity contribution is 14.0. The molecule has 0 aliphatic carbocycles. The Labute approximate surface area is 201 Å². The van der Waals surface area contributed by atoms with Gasteiger partial charge in [-0.15, -0.1) is 24.0 Å². The molecule has 1 unspecified atom stereocenters. The van der Waals surface area contributed by atoms with Gasteiger partial charge in [-0.25, -0.2) is 4.98 Å². The molecule has 166 valence electrons. The monoisotopic (exact) mass is 543 g/mol. The van der Waals surface area contributed by atoms with Crippen LogP contribution in [0, 0.1) is 6.92 Å². The van der Waals surface area contributed by atoms with Crippen molar-refractivity contribution in [3.8, 4) is 0 Å². The second-order valence-corrected chi connectivity index (χ2v) is 8.37. The van der Waals surface area contributed by atoms with Gasteiger partial charge in [-0.1, -0.05) is 36.8 Å². The molecule has 1 aromatic heterocycles. The van der Waals surface area contributed by atoms with Crippen molar-refractivity contribution in [2.45, 2.75) is 26.3 Å². The molecule has 9 heteroatoms. The van der Waals surface area contributed by atoms with Crippen molar-refractivity contribution in [2.75, 3.05) is 58.8 Å². The van der Waals surface area contributed by atoms with Gasteiger partial charge in [-0.2, -0.15) is 4.37 Å². The molecule has 0 saturated carbocycles. The molecule has 7 nitrogen and oxygen atoms in total. The molecule has 1 saturated heterocycles. The van der Waals surface area contributed by atoms with Crippen molar-refractivity contribution in [3.05, 3.63) is 41.2 Å². The van der Waals surface area contributed by atoms with Crippen molar-refractivity contribution >= 4 is 46.6 Å². The number of nitrogens with zero attached hydrogens (tertiary/aromatic N) is 6. The molecule has 1 aliphatic heterocycles. The van der Waals surface area contributed by atoms with Crippen molar-refractivity contribution in [3.63, 3.8) is 0 Å². The maximum Gasteiger partial charge on any atom is 0.205 e. The van der Waals surface area contributed by atoms with Gasteiger partial charge in [0.25, 0.3) is 0 Å². The van der Waals surface area contributed by atoms with Gasteiger partial charge in [0.15, 0.2) is 5.96 Å². The van der Waals surface area contributed by atoms with Crippen LogP contribution in [0.2, 0.25) is 0 Å². The number of halogens is 1. The van der Waals surface area contributed by atoms with E-state index in [9.17, 15) is 0 Å². The van der Waals surface area contributed by atoms with E-state index in [1.54, 1.807) is 0 Å². The third-order valence-electron chi connectivity index (χ3n) is 5.37. The van der Waals surface area contributed by atoms with E-state index in [0.717, 1.165) is 56.1 Å². The number of hydrogen-bond acceptors (Lipinski definition) is 6. The molecule has 1 N–H and O–H groups in total. The lowest BCUT2D eigenvalue weighted by Crippen LogP contribution is -2.53. The lowest BCUT2D eigenvalue weighted by atomic mass is 10.0. The highest BCUT2D eigenvalue weighted by Gasteiger charge is 2.23. The Morgan fingerprint density at radius 1 is 1.20 bits per heavy atom. The number of aliphatic imine (C=N–C) groups is 1. The van der Waals surface area contributed by atoms with E-state index in [2.05, 4.69) is 86.6 Å². The molecule has 30 heavy (non-hydrogen) atoms. The van der Waals surface area contributed by atoms with Gasteiger partial charge in [0.1, 0.15) is 5.82 Å². The lowest BCUT2D eigenvalue weighted by molar-refractivity contribution is 0.292. The van der Waals surface area contributed by atoms with Gasteiger partial charge in [0, 0.05) is 57.7 Å². The predicted octanol–water partition coefficient (Wildman–Crippen LogP) is 3.03. The average molecular weight is 544 g/mol. The van der Waals surface area contributed by atoms with Crippen LogP contribution in [-0.4, -0.2) is 79.0 Å². The Morgan fingerprint density at radius 3 is 2.40 bits per heavy atom. The van der Waals surface area contributed by atoms with Gasteiger partial charge < -0.3 is 20.0 Å². The molecule has 0 bridgehead atoms. The first-order valence-corrected chi connectivity index (χ1v) is 11.0. The molecule has 1 aliphatic rings. The van der Waals surface area contributed by atoms with Crippen LogP contribution in [0.5, 0.6) is 0 Å². The minimum absolute atomic E-state index is 0. The topological polar surface area (TPSA) is 59.9 Å². The summed E-state index contributed by atoms with van der Waals surface area (Å²) in [6.07, 6.45) is 0.890. The van der Waals surface area contributed by atoms with Crippen molar-refractivity contribution in [1.29, 1.82) is 0 Å². The van der Waals surface area contributed by atoms with Crippen molar-refractivity contribution in [1.82, 2.24) is 24.5 Å². The van der Waals surface area contributed by atoms with Gasteiger partial charge >= 0.3 is 0 Å². The smallest absolute Gasteiger partial charge is 0.205 e. The number of anilines is 1. The normalized spacial score (nSPS) is 15.9. The highest BCUT2D eigenvalue weighted by atomic mass is 127. The lowest BCUT2D eigenvalue weighted by Gasteiger charge is -2.37. The largest absolute Gasteiger partial charge is 0.354 e. The Bertz CT molecular complexity index is 798. The number of likely N-dealkylation sites (N-methyl/N-ethyl adjacent to an activating group) is 1. The molecule has 0 radical (unpaired) electrons. The average Bonchev–Trinajstić information content (AvgIpc) is 3.22. The van der Waals surface area contributed by atoms with Crippen LogP contribution in [0.15, 0.2) is 29.3 Å². The molecule has 0 amide bonds. The van der Waals surface area contributed by atoms with Crippen LogP contribution >= 0.6 is 35.5 Å². The van der Waals surface area contributed by atoms with E-state index in [1.165, 1.54) is 22.7 Å². The van der Waals surface area contributed by atoms with Crippen LogP contribution in [-0.2, 0) is 6.42 Å². The third-order valence-corrected chi connectivity index (χ3v) is 6.19. The molecule has 1 fully saturated rings. The van der Waals surface area contributed by atoms with Crippen molar-refractivity contribution in [2.24, 2.45) is 4.99 Å². The summed E-state index contributed by atoms with van der Waals surface area (Å²) in [7, 11) is 6.12. The van der Waals surface area contributed by atoms with E-state index >= 15 is 0 Å². The molecule has 1 atom stereocenters. The summed E-state index contributed by atoms with van der Waals surface area (Å²) in [6.45, 7) is 8.77. The minimum Gasteiger partial charge on any atom is -0.354 e. The maximum absolute atomic E-state index is 4.62. The molecule has 2 heterocycles. The maximum atomic E-state index is 4.62. The molecule has 3 rings (SSSR count). The molecule has 2 aromatic rings. The van der Waals surface area contributed by atoms with Crippen LogP contribution in [0.3, 0.4) is 0 Å². The van der Waals surface area contributed by atoms with Crippen molar-refractivity contribution < 1.29 is 0 Å². The minimum atomic E-state index is 0. The number of aryl methyl sites for hydroxylation is 2. The molecular formula is C21H34IN7S. The summed E-state index contributed by atoms with van der Waals surface area (Å²) in [6, 6.07) is 9.09. The Kier molecular flexibility index (Phi) is 9.76. The molecule has 1 aromatic carbocycles. The first-order valence-electron chi connectivity index (χ1n) is 10.3. The number of hydrogen-bond donors (Lipinski definition) is 1. The fourth-order valence-electron chi connectivity index (χ4n) is 3.53. The fraction of sp³-hybridized carbons (Fsp3) is 0.571. The van der Waals surface area contributed by atoms with Gasteiger partial charge in [-0.3, -0.25) is 4.99 Å². The van der Waals surface area contributed by atoms with Gasteiger partial charge in [-0.05, 0) is 26.6 Å². The second kappa shape index (κ2) is 11.8. The third kappa shape index (κ3) is 6.27. The van der Waals surface area contributed by atoms with E-state index in [1.807, 2.05) is 7.05 Å². The van der Waals surface area contributed by atoms with Crippen LogP contribution in [0.4, 0.5) is 5.13 Å². The van der Waals surface area contributed by atoms with E-state index in [-0.39, 0.29) is 24.0 Å². The summed E-state index contributed by atoms with van der Waals surface area (Å²) >= 11 is 1.51. The standard InChI is InChI=1S/C21H33N7S.HI/c1-6-19-24-21(29-25-19)28-13-11-27(12-14-28)20(22-3)23-15-18(26(4)5)17-9-7-16(2)8-10-17;/h7-10,18H,6,11-15H2,1-5H3,(H,22,23);1H. The van der Waals surface area contributed by atoms with Crippen LogP contribution < -0.4 is 10.2 Å². The molecule has 0 spiro atoms. The summed E-state index contributed by atoms with van der Waals surface area (Å²) in [5.41, 5.74) is 2.60. The molecular weight excluding hydrogens is 509 g/mol. The van der Waals surface area contributed by atoms with Gasteiger partial charge in [0.2, 0.25) is 5.13 Å². The quantitative estimate of drug-likeness (QED) is 0.344. The van der Waals surface area contributed by atoms with Gasteiger partial charge in [0.05, 0.1) is 6.04 Å². The summed E-state index contributed by atoms with van der Waals surface area (Å²) in [4.78, 5) is 16.1. The highest BCUT2D eigenvalue weighted by Crippen LogP contribution is 2.20. The Hall–Kier alpha value is -1.46. The first-order chi connectivity index (χ1) is 14.0. The number of benzene rings is 1. The number of aromatic nitrogens is 2. The Morgan fingerprint density at radius 2 is 1.87 bits per heavy atom. The summed E-state index contributed by atoms with van der Waals surface area (Å²) in [5.74, 6) is 1.91. The predicted molar refractivity (Wildman–Crippen MR) is 137 cm³/mol. The first kappa shape index (κ1) is 24.8. The summed E-state index contributed by atoms with van der Waals surface area (Å²) in [5, 5.41) is 4.63. The van der Waals surface area contributed by atoms with E-state index in [0.29, 0.717) is 6.04 Å². The SMILES string of the molecule is CCc1nsc(N2CCN(C(=NC)NCC(c3ccc(C)cc3)N(C)C)CC2)n1.I. The van der Waals surface area contributed by atoms with E-state index < -0.39 is 0 Å². The zero-order valence-electron chi connectivity index (χ0n) is 18.6. The second-order valence-electron chi connectivity index (χ2n) is 7.64. The zero-order valence-corrected chi connectivity index (χ0v) is 21.8. The number of rotatable bonds is 6. The Balaban J connectivity index is 0.00000320. The van der Waals surface area contributed by atoms with E-state index in [4.69, 9.17) is 0 Å².